The number of nitrogens with two attached hydrogens (primary N) is 1. The highest BCUT2D eigenvalue weighted by Gasteiger charge is 2.10. The molecule has 2 N–H and O–H groups in total. The number of rotatable bonds is 2. The number of hydrogen-bond acceptors (Lipinski definition) is 3. The lowest BCUT2D eigenvalue weighted by Crippen LogP contribution is -2.01. The van der Waals surface area contributed by atoms with Crippen molar-refractivity contribution >= 4 is 17.5 Å². The van der Waals surface area contributed by atoms with Crippen LogP contribution in [0.1, 0.15) is 0 Å². The Balaban J connectivity index is 2.04. The lowest BCUT2D eigenvalue weighted by molar-refractivity contribution is 0.894. The Hall–Kier alpha value is -2.33. The maximum atomic E-state index is 5.90. The van der Waals surface area contributed by atoms with Crippen molar-refractivity contribution in [3.63, 3.8) is 0 Å². The third-order valence-corrected chi connectivity index (χ3v) is 2.99. The summed E-state index contributed by atoms with van der Waals surface area (Å²) in [4.78, 5) is 4.27. The highest BCUT2D eigenvalue weighted by molar-refractivity contribution is 6.30. The third kappa shape index (κ3) is 2.30. The zero-order valence-electron chi connectivity index (χ0n) is 9.99. The quantitative estimate of drug-likeness (QED) is 0.778. The minimum Gasteiger partial charge on any atom is -0.368 e. The van der Waals surface area contributed by atoms with Crippen molar-refractivity contribution in [2.75, 3.05) is 5.73 Å². The molecule has 4 nitrogen and oxygen atoms in total. The molecule has 19 heavy (non-hydrogen) atoms. The van der Waals surface area contributed by atoms with Gasteiger partial charge in [0.1, 0.15) is 0 Å². The van der Waals surface area contributed by atoms with E-state index < -0.39 is 0 Å². The Morgan fingerprint density at radius 2 is 1.63 bits per heavy atom. The molecule has 0 spiro atoms. The average Bonchev–Trinajstić information content (AvgIpc) is 2.83. The van der Waals surface area contributed by atoms with Crippen LogP contribution in [-0.2, 0) is 0 Å². The first-order valence-corrected chi connectivity index (χ1v) is 6.16. The highest BCUT2D eigenvalue weighted by Crippen LogP contribution is 2.21. The summed E-state index contributed by atoms with van der Waals surface area (Å²) < 4.78 is 1.62. The Labute approximate surface area is 115 Å². The first-order valence-electron chi connectivity index (χ1n) is 5.78. The fraction of sp³-hybridized carbons (Fsp3) is 0. The second kappa shape index (κ2) is 4.74. The van der Waals surface area contributed by atoms with Gasteiger partial charge in [-0.15, -0.1) is 5.10 Å². The van der Waals surface area contributed by atoms with Crippen molar-refractivity contribution in [3.05, 3.63) is 59.6 Å². The standard InChI is InChI=1S/C14H11ClN4/c15-11-8-6-10(7-9-11)13-17-14(16)19(18-13)12-4-2-1-3-5-12/h1-9H,(H2,16,17,18). The number of nitrogen functional groups attached to an aromatic ring is 1. The van der Waals surface area contributed by atoms with Gasteiger partial charge in [-0.2, -0.15) is 9.67 Å². The number of aromatic nitrogens is 3. The zero-order valence-corrected chi connectivity index (χ0v) is 10.7. The van der Waals surface area contributed by atoms with Crippen molar-refractivity contribution in [2.24, 2.45) is 0 Å². The zero-order chi connectivity index (χ0) is 13.2. The van der Waals surface area contributed by atoms with Crippen LogP contribution in [0.5, 0.6) is 0 Å². The smallest absolute Gasteiger partial charge is 0.223 e. The van der Waals surface area contributed by atoms with Gasteiger partial charge in [0.15, 0.2) is 5.82 Å². The van der Waals surface area contributed by atoms with Crippen LogP contribution >= 0.6 is 11.6 Å². The maximum absolute atomic E-state index is 5.90. The molecule has 0 aliphatic heterocycles. The number of hydrogen-bond donors (Lipinski definition) is 1. The first-order chi connectivity index (χ1) is 9.24. The van der Waals surface area contributed by atoms with Crippen LogP contribution < -0.4 is 5.73 Å². The summed E-state index contributed by atoms with van der Waals surface area (Å²) >= 11 is 5.86. The summed E-state index contributed by atoms with van der Waals surface area (Å²) in [7, 11) is 0. The van der Waals surface area contributed by atoms with Crippen LogP contribution in [-0.4, -0.2) is 14.8 Å². The molecule has 3 aromatic rings. The molecule has 0 saturated carbocycles. The number of anilines is 1. The van der Waals surface area contributed by atoms with Gasteiger partial charge in [-0.25, -0.2) is 0 Å². The van der Waals surface area contributed by atoms with Crippen LogP contribution in [0, 0.1) is 0 Å². The van der Waals surface area contributed by atoms with E-state index in [1.807, 2.05) is 42.5 Å². The fourth-order valence-corrected chi connectivity index (χ4v) is 1.93. The highest BCUT2D eigenvalue weighted by atomic mass is 35.5. The van der Waals surface area contributed by atoms with E-state index in [1.165, 1.54) is 0 Å². The van der Waals surface area contributed by atoms with Gasteiger partial charge in [-0.05, 0) is 36.4 Å². The summed E-state index contributed by atoms with van der Waals surface area (Å²) in [5.41, 5.74) is 7.67. The SMILES string of the molecule is Nc1nc(-c2ccc(Cl)cc2)nn1-c1ccccc1. The van der Waals surface area contributed by atoms with Gasteiger partial charge in [-0.1, -0.05) is 29.8 Å². The minimum atomic E-state index is 0.358. The molecule has 1 heterocycles. The lowest BCUT2D eigenvalue weighted by atomic mass is 10.2. The van der Waals surface area contributed by atoms with Gasteiger partial charge in [0.2, 0.25) is 5.95 Å². The van der Waals surface area contributed by atoms with E-state index in [0.717, 1.165) is 11.3 Å². The molecular weight excluding hydrogens is 260 g/mol. The third-order valence-electron chi connectivity index (χ3n) is 2.74. The van der Waals surface area contributed by atoms with Gasteiger partial charge in [0.05, 0.1) is 5.69 Å². The van der Waals surface area contributed by atoms with Gasteiger partial charge in [0.25, 0.3) is 0 Å². The molecule has 0 aliphatic carbocycles. The maximum Gasteiger partial charge on any atom is 0.223 e. The topological polar surface area (TPSA) is 56.7 Å². The fourth-order valence-electron chi connectivity index (χ4n) is 1.80. The van der Waals surface area contributed by atoms with E-state index in [1.54, 1.807) is 16.8 Å². The number of benzene rings is 2. The van der Waals surface area contributed by atoms with E-state index >= 15 is 0 Å². The number of halogens is 1. The summed E-state index contributed by atoms with van der Waals surface area (Å²) in [5.74, 6) is 0.939. The average molecular weight is 271 g/mol. The second-order valence-electron chi connectivity index (χ2n) is 4.05. The molecule has 1 aromatic heterocycles. The van der Waals surface area contributed by atoms with E-state index in [4.69, 9.17) is 17.3 Å². The molecule has 3 rings (SSSR count). The van der Waals surface area contributed by atoms with Crippen molar-refractivity contribution in [2.45, 2.75) is 0 Å². The van der Waals surface area contributed by atoms with E-state index in [2.05, 4.69) is 10.1 Å². The Morgan fingerprint density at radius 1 is 0.947 bits per heavy atom. The predicted octanol–water partition coefficient (Wildman–Crippen LogP) is 3.17. The Kier molecular flexibility index (Phi) is 2.93. The molecule has 0 amide bonds. The van der Waals surface area contributed by atoms with Gasteiger partial charge in [-0.3, -0.25) is 0 Å². The van der Waals surface area contributed by atoms with Crippen molar-refractivity contribution < 1.29 is 0 Å². The largest absolute Gasteiger partial charge is 0.368 e. The molecular formula is C14H11ClN4. The molecule has 2 aromatic carbocycles. The molecule has 0 unspecified atom stereocenters. The van der Waals surface area contributed by atoms with Crippen molar-refractivity contribution in [1.82, 2.24) is 14.8 Å². The van der Waals surface area contributed by atoms with Crippen LogP contribution in [0.4, 0.5) is 5.95 Å². The minimum absolute atomic E-state index is 0.358. The van der Waals surface area contributed by atoms with Crippen molar-refractivity contribution in [1.29, 1.82) is 0 Å². The molecule has 0 radical (unpaired) electrons. The van der Waals surface area contributed by atoms with Crippen LogP contribution in [0.25, 0.3) is 17.1 Å². The molecule has 94 valence electrons. The first kappa shape index (κ1) is 11.7. The summed E-state index contributed by atoms with van der Waals surface area (Å²) in [6.07, 6.45) is 0. The monoisotopic (exact) mass is 270 g/mol. The van der Waals surface area contributed by atoms with Crippen LogP contribution in [0.3, 0.4) is 0 Å². The van der Waals surface area contributed by atoms with E-state index in [-0.39, 0.29) is 0 Å². The summed E-state index contributed by atoms with van der Waals surface area (Å²) in [6.45, 7) is 0. The van der Waals surface area contributed by atoms with Crippen molar-refractivity contribution in [3.8, 4) is 17.1 Å². The number of para-hydroxylation sites is 1. The van der Waals surface area contributed by atoms with Gasteiger partial charge >= 0.3 is 0 Å². The second-order valence-corrected chi connectivity index (χ2v) is 4.48. The van der Waals surface area contributed by atoms with Gasteiger partial charge in [0, 0.05) is 10.6 Å². The molecule has 0 bridgehead atoms. The molecule has 0 aliphatic rings. The van der Waals surface area contributed by atoms with E-state index in [9.17, 15) is 0 Å². The van der Waals surface area contributed by atoms with E-state index in [0.29, 0.717) is 16.8 Å². The van der Waals surface area contributed by atoms with Gasteiger partial charge < -0.3 is 5.73 Å². The summed E-state index contributed by atoms with van der Waals surface area (Å²) in [5, 5.41) is 5.10. The summed E-state index contributed by atoms with van der Waals surface area (Å²) in [6, 6.07) is 17.0. The number of nitrogens with zero attached hydrogens (tertiary/aromatic N) is 3. The molecule has 0 saturated heterocycles. The molecule has 0 fully saturated rings. The van der Waals surface area contributed by atoms with Crippen LogP contribution in [0.15, 0.2) is 54.6 Å². The molecule has 0 atom stereocenters. The Bertz CT molecular complexity index is 689. The van der Waals surface area contributed by atoms with Crippen LogP contribution in [0.2, 0.25) is 5.02 Å². The normalized spacial score (nSPS) is 10.6. The predicted molar refractivity (Wildman–Crippen MR) is 76.2 cm³/mol. The molecule has 5 heteroatoms. The lowest BCUT2D eigenvalue weighted by Gasteiger charge is -2.00. The Morgan fingerprint density at radius 3 is 2.32 bits per heavy atom.